The van der Waals surface area contributed by atoms with Crippen molar-refractivity contribution in [1.82, 2.24) is 9.97 Å². The molecule has 0 aliphatic carbocycles. The van der Waals surface area contributed by atoms with Crippen molar-refractivity contribution in [2.45, 2.75) is 6.10 Å². The number of carboxylic acids is 1. The smallest absolute Gasteiger partial charge is 0.334 e. The first-order valence-electron chi connectivity index (χ1n) is 4.64. The predicted octanol–water partition coefficient (Wildman–Crippen LogP) is -0.234. The van der Waals surface area contributed by atoms with Gasteiger partial charge in [-0.25, -0.2) is 14.8 Å². The lowest BCUT2D eigenvalue weighted by Gasteiger charge is -2.30. The lowest BCUT2D eigenvalue weighted by Crippen LogP contribution is -2.46. The van der Waals surface area contributed by atoms with Crippen LogP contribution in [0.1, 0.15) is 0 Å². The Kier molecular flexibility index (Phi) is 2.77. The van der Waals surface area contributed by atoms with Crippen molar-refractivity contribution in [2.24, 2.45) is 0 Å². The second-order valence-corrected chi connectivity index (χ2v) is 3.19. The van der Waals surface area contributed by atoms with E-state index in [2.05, 4.69) is 9.97 Å². The summed E-state index contributed by atoms with van der Waals surface area (Å²) in [5, 5.41) is 8.81. The Morgan fingerprint density at radius 1 is 1.53 bits per heavy atom. The average Bonchev–Trinajstić information content (AvgIpc) is 2.30. The van der Waals surface area contributed by atoms with Crippen molar-refractivity contribution in [3.8, 4) is 0 Å². The maximum atomic E-state index is 10.7. The first-order valence-corrected chi connectivity index (χ1v) is 4.64. The number of carbonyl (C=O) groups is 1. The number of rotatable bonds is 2. The van der Waals surface area contributed by atoms with Crippen LogP contribution in [0.4, 0.5) is 5.95 Å². The summed E-state index contributed by atoms with van der Waals surface area (Å²) >= 11 is 0. The molecule has 1 atom stereocenters. The molecule has 1 aromatic rings. The Labute approximate surface area is 86.5 Å². The SMILES string of the molecule is O=C(O)C1CN(c2ncccn2)CCO1. The van der Waals surface area contributed by atoms with Gasteiger partial charge in [-0.1, -0.05) is 0 Å². The maximum absolute atomic E-state index is 10.7. The van der Waals surface area contributed by atoms with E-state index in [1.165, 1.54) is 0 Å². The van der Waals surface area contributed by atoms with E-state index >= 15 is 0 Å². The van der Waals surface area contributed by atoms with Gasteiger partial charge in [0.1, 0.15) is 0 Å². The molecule has 1 aliphatic heterocycles. The third-order valence-corrected chi connectivity index (χ3v) is 2.18. The quantitative estimate of drug-likeness (QED) is 0.724. The molecule has 0 radical (unpaired) electrons. The van der Waals surface area contributed by atoms with Crippen molar-refractivity contribution in [3.63, 3.8) is 0 Å². The van der Waals surface area contributed by atoms with E-state index < -0.39 is 12.1 Å². The molecule has 15 heavy (non-hydrogen) atoms. The van der Waals surface area contributed by atoms with Crippen molar-refractivity contribution in [2.75, 3.05) is 24.6 Å². The Morgan fingerprint density at radius 3 is 2.93 bits per heavy atom. The molecule has 1 N–H and O–H groups in total. The van der Waals surface area contributed by atoms with Gasteiger partial charge in [0.2, 0.25) is 5.95 Å². The second-order valence-electron chi connectivity index (χ2n) is 3.19. The van der Waals surface area contributed by atoms with Crippen LogP contribution in [0.15, 0.2) is 18.5 Å². The van der Waals surface area contributed by atoms with Crippen LogP contribution in [-0.4, -0.2) is 46.8 Å². The molecule has 80 valence electrons. The summed E-state index contributed by atoms with van der Waals surface area (Å²) in [5.74, 6) is -0.400. The standard InChI is InChI=1S/C9H11N3O3/c13-8(14)7-6-12(4-5-15-7)9-10-2-1-3-11-9/h1-3,7H,4-6H2,(H,13,14). The van der Waals surface area contributed by atoms with Crippen LogP contribution in [0, 0.1) is 0 Å². The third kappa shape index (κ3) is 2.21. The molecule has 2 rings (SSSR count). The Morgan fingerprint density at radius 2 is 2.27 bits per heavy atom. The molecule has 6 nitrogen and oxygen atoms in total. The summed E-state index contributed by atoms with van der Waals surface area (Å²) in [4.78, 5) is 20.7. The highest BCUT2D eigenvalue weighted by atomic mass is 16.5. The second kappa shape index (κ2) is 4.22. The number of aliphatic carboxylic acids is 1. The van der Waals surface area contributed by atoms with E-state index in [9.17, 15) is 4.79 Å². The van der Waals surface area contributed by atoms with Crippen LogP contribution in [0.2, 0.25) is 0 Å². The molecule has 0 amide bonds. The minimum absolute atomic E-state index is 0.291. The fraction of sp³-hybridized carbons (Fsp3) is 0.444. The van der Waals surface area contributed by atoms with Crippen LogP contribution in [0.25, 0.3) is 0 Å². The van der Waals surface area contributed by atoms with E-state index in [1.54, 1.807) is 18.5 Å². The predicted molar refractivity (Wildman–Crippen MR) is 51.6 cm³/mol. The van der Waals surface area contributed by atoms with E-state index in [-0.39, 0.29) is 0 Å². The molecule has 2 heterocycles. The van der Waals surface area contributed by atoms with Crippen molar-refractivity contribution < 1.29 is 14.6 Å². The maximum Gasteiger partial charge on any atom is 0.334 e. The number of aromatic nitrogens is 2. The molecule has 1 unspecified atom stereocenters. The summed E-state index contributed by atoms with van der Waals surface area (Å²) in [5.41, 5.74) is 0. The highest BCUT2D eigenvalue weighted by Crippen LogP contribution is 2.11. The molecule has 1 saturated heterocycles. The number of hydrogen-bond donors (Lipinski definition) is 1. The number of hydrogen-bond acceptors (Lipinski definition) is 5. The van der Waals surface area contributed by atoms with Crippen LogP contribution in [0.5, 0.6) is 0 Å². The Bertz CT molecular complexity index is 344. The molecular formula is C9H11N3O3. The summed E-state index contributed by atoms with van der Waals surface area (Å²) < 4.78 is 5.09. The normalized spacial score (nSPS) is 21.3. The topological polar surface area (TPSA) is 75.5 Å². The number of ether oxygens (including phenoxy) is 1. The monoisotopic (exact) mass is 209 g/mol. The van der Waals surface area contributed by atoms with Gasteiger partial charge in [0.25, 0.3) is 0 Å². The molecule has 0 spiro atoms. The van der Waals surface area contributed by atoms with Crippen LogP contribution in [0.3, 0.4) is 0 Å². The first kappa shape index (κ1) is 9.85. The number of morpholine rings is 1. The van der Waals surface area contributed by atoms with Crippen LogP contribution >= 0.6 is 0 Å². The van der Waals surface area contributed by atoms with Gasteiger partial charge in [0.15, 0.2) is 6.10 Å². The van der Waals surface area contributed by atoms with Crippen molar-refractivity contribution >= 4 is 11.9 Å². The minimum Gasteiger partial charge on any atom is -0.479 e. The van der Waals surface area contributed by atoms with E-state index in [0.717, 1.165) is 0 Å². The van der Waals surface area contributed by atoms with Gasteiger partial charge in [0, 0.05) is 18.9 Å². The minimum atomic E-state index is -0.948. The summed E-state index contributed by atoms with van der Waals surface area (Å²) in [6, 6.07) is 1.72. The van der Waals surface area contributed by atoms with Crippen LogP contribution in [-0.2, 0) is 9.53 Å². The lowest BCUT2D eigenvalue weighted by atomic mass is 10.3. The fourth-order valence-corrected chi connectivity index (χ4v) is 1.43. The lowest BCUT2D eigenvalue weighted by molar-refractivity contribution is -0.150. The molecule has 0 saturated carbocycles. The first-order chi connectivity index (χ1) is 7.27. The van der Waals surface area contributed by atoms with Crippen LogP contribution < -0.4 is 4.90 Å². The fourth-order valence-electron chi connectivity index (χ4n) is 1.43. The van der Waals surface area contributed by atoms with Gasteiger partial charge in [-0.3, -0.25) is 0 Å². The Balaban J connectivity index is 2.08. The molecule has 6 heteroatoms. The summed E-state index contributed by atoms with van der Waals surface area (Å²) in [7, 11) is 0. The molecule has 1 fully saturated rings. The summed E-state index contributed by atoms with van der Waals surface area (Å²) in [6.07, 6.45) is 2.48. The van der Waals surface area contributed by atoms with Gasteiger partial charge in [-0.15, -0.1) is 0 Å². The van der Waals surface area contributed by atoms with E-state index in [0.29, 0.717) is 25.6 Å². The number of carboxylic acid groups (broad SMARTS) is 1. The average molecular weight is 209 g/mol. The molecule has 1 aromatic heterocycles. The van der Waals surface area contributed by atoms with Gasteiger partial charge < -0.3 is 14.7 Å². The highest BCUT2D eigenvalue weighted by molar-refractivity contribution is 5.73. The highest BCUT2D eigenvalue weighted by Gasteiger charge is 2.27. The summed E-state index contributed by atoms with van der Waals surface area (Å²) in [6.45, 7) is 1.29. The molecular weight excluding hydrogens is 198 g/mol. The van der Waals surface area contributed by atoms with Gasteiger partial charge in [-0.05, 0) is 6.07 Å². The molecule has 1 aliphatic rings. The number of anilines is 1. The molecule has 0 bridgehead atoms. The van der Waals surface area contributed by atoms with E-state index in [4.69, 9.17) is 9.84 Å². The van der Waals surface area contributed by atoms with Crippen molar-refractivity contribution in [3.05, 3.63) is 18.5 Å². The zero-order valence-electron chi connectivity index (χ0n) is 8.04. The molecule has 0 aromatic carbocycles. The van der Waals surface area contributed by atoms with Gasteiger partial charge in [-0.2, -0.15) is 0 Å². The van der Waals surface area contributed by atoms with E-state index in [1.807, 2.05) is 4.90 Å². The van der Waals surface area contributed by atoms with Gasteiger partial charge in [0.05, 0.1) is 13.2 Å². The third-order valence-electron chi connectivity index (χ3n) is 2.18. The van der Waals surface area contributed by atoms with Gasteiger partial charge >= 0.3 is 5.97 Å². The number of nitrogens with zero attached hydrogens (tertiary/aromatic N) is 3. The Hall–Kier alpha value is -1.69. The van der Waals surface area contributed by atoms with Crippen molar-refractivity contribution in [1.29, 1.82) is 0 Å². The largest absolute Gasteiger partial charge is 0.479 e. The zero-order valence-corrected chi connectivity index (χ0v) is 8.04. The zero-order chi connectivity index (χ0) is 10.7.